The van der Waals surface area contributed by atoms with Crippen molar-refractivity contribution in [3.8, 4) is 29.0 Å². The van der Waals surface area contributed by atoms with Crippen molar-refractivity contribution >= 4 is 15.7 Å². The Morgan fingerprint density at radius 1 is 1.07 bits per heavy atom. The number of benzene rings is 2. The second kappa shape index (κ2) is 11.6. The summed E-state index contributed by atoms with van der Waals surface area (Å²) in [6.07, 6.45) is -7.51. The Morgan fingerprint density at radius 3 is 2.05 bits per heavy atom. The monoisotopic (exact) mass is 609 g/mol. The van der Waals surface area contributed by atoms with E-state index >= 15 is 13.2 Å². The summed E-state index contributed by atoms with van der Waals surface area (Å²) in [6, 6.07) is 10.5. The van der Waals surface area contributed by atoms with Gasteiger partial charge in [-0.25, -0.2) is 17.2 Å². The molecule has 224 valence electrons. The molecule has 3 atom stereocenters. The van der Waals surface area contributed by atoms with Crippen molar-refractivity contribution in [2.45, 2.75) is 61.5 Å². The standard InChI is InChI=1S/C29H28F5N3O4S/c1-42(40,41)16-23(26(39)37-27(17-35)14-15-27)36-28(29(32,33)34,13-12-18-2-3-18)22-10-8-20(9-11-22)19-4-6-21(7-5-19)24(38)25(30)31/h4-11,18,23-25,36,38H,2-3,14-16H2,1H3,(H,37,39)/t23-,24+,28-/m0/s1. The maximum Gasteiger partial charge on any atom is 0.422 e. The molecule has 0 bridgehead atoms. The van der Waals surface area contributed by atoms with Crippen LogP contribution < -0.4 is 10.6 Å². The number of sulfone groups is 1. The number of nitrogens with zero attached hydrogens (tertiary/aromatic N) is 1. The first-order valence-corrected chi connectivity index (χ1v) is 15.1. The van der Waals surface area contributed by atoms with Crippen molar-refractivity contribution in [1.29, 1.82) is 5.26 Å². The van der Waals surface area contributed by atoms with Gasteiger partial charge in [0.15, 0.2) is 0 Å². The molecule has 2 aliphatic rings. The van der Waals surface area contributed by atoms with Gasteiger partial charge < -0.3 is 10.4 Å². The summed E-state index contributed by atoms with van der Waals surface area (Å²) in [4.78, 5) is 13.1. The predicted molar refractivity (Wildman–Crippen MR) is 143 cm³/mol. The van der Waals surface area contributed by atoms with Gasteiger partial charge in [0.1, 0.15) is 27.5 Å². The van der Waals surface area contributed by atoms with Crippen LogP contribution in [0.2, 0.25) is 0 Å². The number of hydrogen-bond donors (Lipinski definition) is 3. The Morgan fingerprint density at radius 2 is 1.62 bits per heavy atom. The topological polar surface area (TPSA) is 119 Å². The number of rotatable bonds is 10. The maximum absolute atomic E-state index is 15.0. The van der Waals surface area contributed by atoms with Gasteiger partial charge in [-0.15, -0.1) is 0 Å². The number of nitrogens with one attached hydrogen (secondary N) is 2. The second-order valence-corrected chi connectivity index (χ2v) is 12.9. The highest BCUT2D eigenvalue weighted by atomic mass is 32.2. The third kappa shape index (κ3) is 7.27. The van der Waals surface area contributed by atoms with Crippen LogP contribution in [-0.4, -0.2) is 55.6 Å². The molecule has 0 aliphatic heterocycles. The fourth-order valence-electron chi connectivity index (χ4n) is 4.34. The molecular formula is C29H28F5N3O4S. The van der Waals surface area contributed by atoms with Crippen LogP contribution in [0.15, 0.2) is 48.5 Å². The molecule has 0 heterocycles. The Labute approximate surface area is 240 Å². The first-order valence-electron chi connectivity index (χ1n) is 13.0. The van der Waals surface area contributed by atoms with Crippen LogP contribution >= 0.6 is 0 Å². The van der Waals surface area contributed by atoms with Gasteiger partial charge in [0.05, 0.1) is 11.8 Å². The molecule has 7 nitrogen and oxygen atoms in total. The number of alkyl halides is 5. The molecule has 1 amide bonds. The molecule has 2 aromatic carbocycles. The minimum absolute atomic E-state index is 0.0272. The molecule has 3 N–H and O–H groups in total. The normalized spacial score (nSPS) is 19.0. The molecule has 0 radical (unpaired) electrons. The maximum atomic E-state index is 15.0. The molecule has 0 aromatic heterocycles. The third-order valence-corrected chi connectivity index (χ3v) is 8.05. The smallest absolute Gasteiger partial charge is 0.382 e. The second-order valence-electron chi connectivity index (χ2n) is 10.7. The van der Waals surface area contributed by atoms with Crippen LogP contribution in [0.4, 0.5) is 22.0 Å². The lowest BCUT2D eigenvalue weighted by atomic mass is 9.87. The fraction of sp³-hybridized carbons (Fsp3) is 0.448. The molecule has 2 fully saturated rings. The van der Waals surface area contributed by atoms with E-state index < -0.39 is 62.9 Å². The van der Waals surface area contributed by atoms with Gasteiger partial charge in [-0.05, 0) is 47.9 Å². The van der Waals surface area contributed by atoms with Crippen molar-refractivity contribution in [2.75, 3.05) is 12.0 Å². The summed E-state index contributed by atoms with van der Waals surface area (Å²) in [5.74, 6) is 2.57. The van der Waals surface area contributed by atoms with Crippen LogP contribution in [0.3, 0.4) is 0 Å². The summed E-state index contributed by atoms with van der Waals surface area (Å²) < 4.78 is 95.1. The van der Waals surface area contributed by atoms with Gasteiger partial charge in [-0.2, -0.15) is 18.4 Å². The molecule has 42 heavy (non-hydrogen) atoms. The highest BCUT2D eigenvalue weighted by Gasteiger charge is 2.58. The number of nitriles is 1. The summed E-state index contributed by atoms with van der Waals surface area (Å²) in [6.45, 7) is 0. The molecule has 4 rings (SSSR count). The highest BCUT2D eigenvalue weighted by molar-refractivity contribution is 7.90. The highest BCUT2D eigenvalue weighted by Crippen LogP contribution is 2.41. The van der Waals surface area contributed by atoms with E-state index in [0.29, 0.717) is 24.0 Å². The molecule has 13 heteroatoms. The van der Waals surface area contributed by atoms with Gasteiger partial charge in [-0.3, -0.25) is 10.1 Å². The molecule has 0 saturated heterocycles. The average Bonchev–Trinajstić information content (AvgIpc) is 3.86. The Hall–Kier alpha value is -3.52. The zero-order chi connectivity index (χ0) is 30.9. The average molecular weight is 610 g/mol. The lowest BCUT2D eigenvalue weighted by Crippen LogP contribution is -2.62. The number of aliphatic hydroxyl groups is 1. The summed E-state index contributed by atoms with van der Waals surface area (Å²) >= 11 is 0. The summed E-state index contributed by atoms with van der Waals surface area (Å²) in [7, 11) is -3.97. The number of halogens is 5. The largest absolute Gasteiger partial charge is 0.422 e. The molecule has 2 aromatic rings. The first kappa shape index (κ1) is 31.4. The van der Waals surface area contributed by atoms with E-state index in [1.165, 1.54) is 36.4 Å². The van der Waals surface area contributed by atoms with E-state index in [-0.39, 0.29) is 24.3 Å². The molecule has 0 unspecified atom stereocenters. The van der Waals surface area contributed by atoms with Crippen molar-refractivity contribution in [3.05, 3.63) is 59.7 Å². The van der Waals surface area contributed by atoms with Gasteiger partial charge in [0.2, 0.25) is 11.4 Å². The number of hydrogen-bond acceptors (Lipinski definition) is 6. The Kier molecular flexibility index (Phi) is 8.70. The van der Waals surface area contributed by atoms with E-state index in [9.17, 15) is 32.4 Å². The minimum Gasteiger partial charge on any atom is -0.382 e. The minimum atomic E-state index is -5.12. The third-order valence-electron chi connectivity index (χ3n) is 7.11. The van der Waals surface area contributed by atoms with E-state index in [1.54, 1.807) is 0 Å². The van der Waals surface area contributed by atoms with Crippen LogP contribution in [0.25, 0.3) is 11.1 Å². The number of amides is 1. The van der Waals surface area contributed by atoms with Crippen molar-refractivity contribution in [2.24, 2.45) is 5.92 Å². The number of carbonyl (C=O) groups is 1. The Bertz CT molecular complexity index is 1520. The molecule has 2 aliphatic carbocycles. The Balaban J connectivity index is 1.73. The summed E-state index contributed by atoms with van der Waals surface area (Å²) in [5, 5.41) is 23.5. The van der Waals surface area contributed by atoms with Gasteiger partial charge in [-0.1, -0.05) is 60.4 Å². The zero-order valence-electron chi connectivity index (χ0n) is 22.4. The zero-order valence-corrected chi connectivity index (χ0v) is 23.2. The van der Waals surface area contributed by atoms with Crippen LogP contribution in [-0.2, 0) is 20.2 Å². The van der Waals surface area contributed by atoms with Crippen molar-refractivity contribution in [1.82, 2.24) is 10.6 Å². The first-order chi connectivity index (χ1) is 19.6. The summed E-state index contributed by atoms with van der Waals surface area (Å²) in [5.41, 5.74) is -3.92. The van der Waals surface area contributed by atoms with E-state index in [2.05, 4.69) is 22.5 Å². The number of aliphatic hydroxyl groups excluding tert-OH is 1. The van der Waals surface area contributed by atoms with E-state index in [1.807, 2.05) is 6.07 Å². The van der Waals surface area contributed by atoms with Crippen LogP contribution in [0.1, 0.15) is 42.9 Å². The molecule has 0 spiro atoms. The SMILES string of the molecule is CS(=O)(=O)C[C@H](N[C@@](C#CC1CC1)(c1ccc(-c2ccc([C@@H](O)C(F)F)cc2)cc1)C(F)(F)F)C(=O)NC1(C#N)CC1. The van der Waals surface area contributed by atoms with Gasteiger partial charge in [0, 0.05) is 12.2 Å². The van der Waals surface area contributed by atoms with E-state index in [0.717, 1.165) is 18.4 Å². The quantitative estimate of drug-likeness (QED) is 0.277. The molecular weight excluding hydrogens is 581 g/mol. The van der Waals surface area contributed by atoms with Gasteiger partial charge in [0.25, 0.3) is 6.43 Å². The number of carbonyl (C=O) groups excluding carboxylic acids is 1. The van der Waals surface area contributed by atoms with E-state index in [4.69, 9.17) is 0 Å². The lowest BCUT2D eigenvalue weighted by molar-refractivity contribution is -0.184. The van der Waals surface area contributed by atoms with Crippen LogP contribution in [0.5, 0.6) is 0 Å². The predicted octanol–water partition coefficient (Wildman–Crippen LogP) is 4.00. The van der Waals surface area contributed by atoms with Crippen LogP contribution in [0, 0.1) is 29.1 Å². The fourth-order valence-corrected chi connectivity index (χ4v) is 5.18. The molecule has 2 saturated carbocycles. The van der Waals surface area contributed by atoms with Crippen molar-refractivity contribution < 1.29 is 40.3 Å². The van der Waals surface area contributed by atoms with Gasteiger partial charge >= 0.3 is 6.18 Å². The van der Waals surface area contributed by atoms with Crippen molar-refractivity contribution in [3.63, 3.8) is 0 Å². The lowest BCUT2D eigenvalue weighted by Gasteiger charge is -2.36.